The number of nitrogens with one attached hydrogen (secondary N) is 3. The fraction of sp³-hybridized carbons (Fsp3) is 0.154. The van der Waals surface area contributed by atoms with Gasteiger partial charge in [0.25, 0.3) is 0 Å². The van der Waals surface area contributed by atoms with Crippen molar-refractivity contribution in [1.29, 1.82) is 0 Å². The first-order valence-corrected chi connectivity index (χ1v) is 10.9. The number of rotatable bonds is 7. The van der Waals surface area contributed by atoms with Gasteiger partial charge in [-0.05, 0) is 60.9 Å². The minimum absolute atomic E-state index is 0.267. The second kappa shape index (κ2) is 10.4. The summed E-state index contributed by atoms with van der Waals surface area (Å²) in [6.07, 6.45) is 3.36. The first-order chi connectivity index (χ1) is 16.5. The van der Waals surface area contributed by atoms with Crippen LogP contribution in [0.1, 0.15) is 16.7 Å². The molecule has 2 aromatic heterocycles. The number of pyridine rings is 1. The Kier molecular flexibility index (Phi) is 6.98. The molecule has 0 bridgehead atoms. The third-order valence-electron chi connectivity index (χ3n) is 5.41. The van der Waals surface area contributed by atoms with Gasteiger partial charge in [-0.25, -0.2) is 19.7 Å². The number of nitrogens with zero attached hydrogens (tertiary/aromatic N) is 3. The first kappa shape index (κ1) is 22.7. The number of anilines is 2. The highest BCUT2D eigenvalue weighted by molar-refractivity contribution is 5.90. The molecule has 172 valence electrons. The van der Waals surface area contributed by atoms with Crippen molar-refractivity contribution in [3.63, 3.8) is 0 Å². The van der Waals surface area contributed by atoms with Crippen LogP contribution < -0.4 is 20.7 Å². The molecule has 8 heteroatoms. The fourth-order valence-corrected chi connectivity index (χ4v) is 3.39. The molecular formula is C26H26N6O2. The number of benzene rings is 2. The van der Waals surface area contributed by atoms with Crippen LogP contribution in [0.2, 0.25) is 0 Å². The van der Waals surface area contributed by atoms with Crippen LogP contribution in [0.5, 0.6) is 11.6 Å². The van der Waals surface area contributed by atoms with Crippen LogP contribution in [0.3, 0.4) is 0 Å². The highest BCUT2D eigenvalue weighted by atomic mass is 16.5. The Morgan fingerprint density at radius 1 is 0.912 bits per heavy atom. The number of aromatic nitrogens is 3. The van der Waals surface area contributed by atoms with Crippen LogP contribution in [-0.2, 0) is 6.54 Å². The van der Waals surface area contributed by atoms with Gasteiger partial charge >= 0.3 is 6.03 Å². The molecule has 34 heavy (non-hydrogen) atoms. The van der Waals surface area contributed by atoms with E-state index in [0.717, 1.165) is 22.3 Å². The summed E-state index contributed by atoms with van der Waals surface area (Å²) in [5.74, 6) is 1.60. The van der Waals surface area contributed by atoms with E-state index in [2.05, 4.69) is 30.9 Å². The van der Waals surface area contributed by atoms with Gasteiger partial charge in [0.05, 0.1) is 11.3 Å². The number of carbonyl (C=O) groups excluding carboxylic acids is 1. The maximum absolute atomic E-state index is 12.4. The van der Waals surface area contributed by atoms with Crippen molar-refractivity contribution in [2.24, 2.45) is 0 Å². The van der Waals surface area contributed by atoms with Gasteiger partial charge in [-0.1, -0.05) is 30.3 Å². The minimum Gasteiger partial charge on any atom is -0.438 e. The van der Waals surface area contributed by atoms with E-state index in [0.29, 0.717) is 35.5 Å². The summed E-state index contributed by atoms with van der Waals surface area (Å²) < 4.78 is 6.19. The number of amides is 2. The molecule has 0 aliphatic rings. The molecule has 0 aliphatic heterocycles. The fourth-order valence-electron chi connectivity index (χ4n) is 3.39. The lowest BCUT2D eigenvalue weighted by molar-refractivity contribution is 0.251. The highest BCUT2D eigenvalue weighted by Gasteiger charge is 2.15. The van der Waals surface area contributed by atoms with Gasteiger partial charge in [-0.3, -0.25) is 0 Å². The van der Waals surface area contributed by atoms with E-state index in [4.69, 9.17) is 4.74 Å². The third-order valence-corrected chi connectivity index (χ3v) is 5.41. The van der Waals surface area contributed by atoms with Crippen molar-refractivity contribution >= 4 is 17.7 Å². The van der Waals surface area contributed by atoms with Gasteiger partial charge in [0.1, 0.15) is 5.75 Å². The number of hydrogen-bond donors (Lipinski definition) is 3. The Bertz CT molecular complexity index is 1290. The second-order valence-corrected chi connectivity index (χ2v) is 7.63. The van der Waals surface area contributed by atoms with E-state index < -0.39 is 0 Å². The van der Waals surface area contributed by atoms with Gasteiger partial charge in [-0.2, -0.15) is 0 Å². The summed E-state index contributed by atoms with van der Waals surface area (Å²) in [5, 5.41) is 8.73. The Labute approximate surface area is 198 Å². The smallest absolute Gasteiger partial charge is 0.319 e. The first-order valence-electron chi connectivity index (χ1n) is 10.9. The van der Waals surface area contributed by atoms with E-state index in [9.17, 15) is 4.79 Å². The van der Waals surface area contributed by atoms with E-state index in [1.807, 2.05) is 74.5 Å². The van der Waals surface area contributed by atoms with Crippen molar-refractivity contribution in [2.75, 3.05) is 17.7 Å². The minimum atomic E-state index is -0.267. The molecule has 0 saturated heterocycles. The molecule has 0 spiro atoms. The lowest BCUT2D eigenvalue weighted by Crippen LogP contribution is -2.28. The number of urea groups is 1. The van der Waals surface area contributed by atoms with Crippen LogP contribution in [0.15, 0.2) is 73.1 Å². The number of carbonyl (C=O) groups is 1. The normalized spacial score (nSPS) is 10.4. The van der Waals surface area contributed by atoms with Crippen LogP contribution >= 0.6 is 0 Å². The molecule has 0 atom stereocenters. The van der Waals surface area contributed by atoms with Gasteiger partial charge in [-0.15, -0.1) is 0 Å². The average molecular weight is 455 g/mol. The molecule has 8 nitrogen and oxygen atoms in total. The Morgan fingerprint density at radius 3 is 2.53 bits per heavy atom. The Hall–Kier alpha value is -4.46. The SMILES string of the molecule is CNc1nccc(-c2cccnc2Oc2ccc(NC(=O)NCc3ccccc3)c(C)c2C)n1. The predicted octanol–water partition coefficient (Wildman–Crippen LogP) is 5.31. The zero-order chi connectivity index (χ0) is 23.9. The van der Waals surface area contributed by atoms with E-state index in [1.165, 1.54) is 0 Å². The van der Waals surface area contributed by atoms with Crippen LogP contribution in [0.4, 0.5) is 16.4 Å². The van der Waals surface area contributed by atoms with E-state index >= 15 is 0 Å². The molecule has 2 heterocycles. The standard InChI is InChI=1S/C26H26N6O2/c1-17-18(2)23(12-11-21(17)32-26(33)30-16-19-8-5-4-6-9-19)34-24-20(10-7-14-28-24)22-13-15-29-25(27-3)31-22/h4-15H,16H2,1-3H3,(H,27,29,31)(H2,30,32,33). The summed E-state index contributed by atoms with van der Waals surface area (Å²) in [6.45, 7) is 4.34. The quantitative estimate of drug-likeness (QED) is 0.350. The zero-order valence-electron chi connectivity index (χ0n) is 19.3. The number of hydrogen-bond acceptors (Lipinski definition) is 6. The molecule has 0 aliphatic carbocycles. The molecule has 2 amide bonds. The Morgan fingerprint density at radius 2 is 1.74 bits per heavy atom. The molecule has 0 unspecified atom stereocenters. The van der Waals surface area contributed by atoms with Crippen molar-refractivity contribution in [3.05, 3.63) is 89.7 Å². The summed E-state index contributed by atoms with van der Waals surface area (Å²) >= 11 is 0. The molecule has 0 saturated carbocycles. The molecule has 4 aromatic rings. The van der Waals surface area contributed by atoms with Crippen molar-refractivity contribution in [1.82, 2.24) is 20.3 Å². The number of ether oxygens (including phenoxy) is 1. The maximum atomic E-state index is 12.4. The van der Waals surface area contributed by atoms with Crippen LogP contribution in [-0.4, -0.2) is 28.0 Å². The maximum Gasteiger partial charge on any atom is 0.319 e. The predicted molar refractivity (Wildman–Crippen MR) is 133 cm³/mol. The molecule has 0 fully saturated rings. The van der Waals surface area contributed by atoms with Crippen molar-refractivity contribution in [3.8, 4) is 22.9 Å². The molecular weight excluding hydrogens is 428 g/mol. The van der Waals surface area contributed by atoms with Crippen molar-refractivity contribution in [2.45, 2.75) is 20.4 Å². The third kappa shape index (κ3) is 5.29. The lowest BCUT2D eigenvalue weighted by Gasteiger charge is -2.16. The summed E-state index contributed by atoms with van der Waals surface area (Å²) in [7, 11) is 1.77. The molecule has 2 aromatic carbocycles. The largest absolute Gasteiger partial charge is 0.438 e. The van der Waals surface area contributed by atoms with Gasteiger partial charge in [0.2, 0.25) is 11.8 Å². The van der Waals surface area contributed by atoms with Crippen molar-refractivity contribution < 1.29 is 9.53 Å². The van der Waals surface area contributed by atoms with Crippen LogP contribution in [0.25, 0.3) is 11.3 Å². The van der Waals surface area contributed by atoms with E-state index in [-0.39, 0.29) is 6.03 Å². The topological polar surface area (TPSA) is 101 Å². The summed E-state index contributed by atoms with van der Waals surface area (Å²) in [6, 6.07) is 18.7. The van der Waals surface area contributed by atoms with E-state index in [1.54, 1.807) is 19.4 Å². The second-order valence-electron chi connectivity index (χ2n) is 7.63. The summed E-state index contributed by atoms with van der Waals surface area (Å²) in [4.78, 5) is 25.5. The zero-order valence-corrected chi connectivity index (χ0v) is 19.3. The molecule has 4 rings (SSSR count). The summed E-state index contributed by atoms with van der Waals surface area (Å²) in [5.41, 5.74) is 5.00. The highest BCUT2D eigenvalue weighted by Crippen LogP contribution is 2.34. The lowest BCUT2D eigenvalue weighted by atomic mass is 10.1. The molecule has 3 N–H and O–H groups in total. The monoisotopic (exact) mass is 454 g/mol. The molecule has 0 radical (unpaired) electrons. The van der Waals surface area contributed by atoms with Crippen LogP contribution in [0, 0.1) is 13.8 Å². The average Bonchev–Trinajstić information content (AvgIpc) is 2.88. The van der Waals surface area contributed by atoms with Gasteiger partial charge < -0.3 is 20.7 Å². The van der Waals surface area contributed by atoms with Gasteiger partial charge in [0, 0.05) is 31.7 Å². The van der Waals surface area contributed by atoms with Gasteiger partial charge in [0.15, 0.2) is 0 Å². The Balaban J connectivity index is 1.50.